The first-order valence-corrected chi connectivity index (χ1v) is 15.0. The topological polar surface area (TPSA) is 43.5 Å². The van der Waals surface area contributed by atoms with Gasteiger partial charge in [-0.15, -0.1) is 0 Å². The maximum absolute atomic E-state index is 5.94. The molecular formula is C35H44O4. The molecule has 0 saturated carbocycles. The number of hydrogen-bond donors (Lipinski definition) is 0. The highest BCUT2D eigenvalue weighted by molar-refractivity contribution is 5.69. The molecule has 39 heavy (non-hydrogen) atoms. The highest BCUT2D eigenvalue weighted by Gasteiger charge is 2.38. The number of aryl methyl sites for hydroxylation is 2. The maximum atomic E-state index is 5.94. The summed E-state index contributed by atoms with van der Waals surface area (Å²) >= 11 is 0. The molecule has 208 valence electrons. The van der Waals surface area contributed by atoms with E-state index in [1.165, 1.54) is 59.1 Å². The van der Waals surface area contributed by atoms with Gasteiger partial charge >= 0.3 is 0 Å². The van der Waals surface area contributed by atoms with E-state index in [4.69, 9.17) is 18.9 Å². The molecule has 0 amide bonds. The van der Waals surface area contributed by atoms with E-state index in [0.29, 0.717) is 30.8 Å². The van der Waals surface area contributed by atoms with Crippen LogP contribution in [0.2, 0.25) is 0 Å². The summed E-state index contributed by atoms with van der Waals surface area (Å²) in [7, 11) is 0. The molecule has 2 saturated heterocycles. The Morgan fingerprint density at radius 2 is 1.15 bits per heavy atom. The van der Waals surface area contributed by atoms with Crippen molar-refractivity contribution in [1.82, 2.24) is 0 Å². The zero-order chi connectivity index (χ0) is 27.0. The fourth-order valence-corrected chi connectivity index (χ4v) is 6.59. The van der Waals surface area contributed by atoms with Crippen LogP contribution in [0.15, 0.2) is 48.6 Å². The molecule has 2 fully saturated rings. The Kier molecular flexibility index (Phi) is 7.61. The molecule has 0 aromatic heterocycles. The van der Waals surface area contributed by atoms with E-state index in [2.05, 4.69) is 76.2 Å². The van der Waals surface area contributed by atoms with Crippen LogP contribution in [0.4, 0.5) is 0 Å². The van der Waals surface area contributed by atoms with Gasteiger partial charge in [-0.25, -0.2) is 0 Å². The third-order valence-corrected chi connectivity index (χ3v) is 9.67. The summed E-state index contributed by atoms with van der Waals surface area (Å²) in [5.41, 5.74) is 8.48. The third kappa shape index (κ3) is 6.28. The molecule has 6 rings (SSSR count). The normalized spacial score (nSPS) is 26.5. The van der Waals surface area contributed by atoms with Gasteiger partial charge in [0.2, 0.25) is 0 Å². The van der Waals surface area contributed by atoms with Crippen molar-refractivity contribution < 1.29 is 18.9 Å². The summed E-state index contributed by atoms with van der Waals surface area (Å²) in [5.74, 6) is 3.44. The first-order chi connectivity index (χ1) is 18.9. The number of ether oxygens (including phenoxy) is 4. The lowest BCUT2D eigenvalue weighted by Crippen LogP contribution is -2.34. The molecule has 0 N–H and O–H groups in total. The van der Waals surface area contributed by atoms with Gasteiger partial charge < -0.3 is 18.9 Å². The van der Waals surface area contributed by atoms with Gasteiger partial charge in [-0.1, -0.05) is 38.1 Å². The van der Waals surface area contributed by atoms with Gasteiger partial charge in [0.25, 0.3) is 0 Å². The standard InChI is InChI=1S/C35H44O4/c1-23-17-27(9-15-33(23)38-21-31-19-36-31)25-5-11-29(12-6-25)35(3,4)30-13-7-26(8-14-30)28-10-16-34(24(2)18-28)39-22-32-20-37-32/h5,7,9-10,15-18,29-32H,6,8,11-14,19-22H2,1-4H3. The monoisotopic (exact) mass is 528 g/mol. The lowest BCUT2D eigenvalue weighted by Gasteiger charge is -2.44. The Hall–Kier alpha value is -2.56. The molecule has 0 bridgehead atoms. The largest absolute Gasteiger partial charge is 0.491 e. The second kappa shape index (κ2) is 11.1. The summed E-state index contributed by atoms with van der Waals surface area (Å²) in [6.45, 7) is 12.4. The highest BCUT2D eigenvalue weighted by Crippen LogP contribution is 2.49. The number of epoxide rings is 2. The lowest BCUT2D eigenvalue weighted by atomic mass is 9.61. The second-order valence-corrected chi connectivity index (χ2v) is 12.7. The quantitative estimate of drug-likeness (QED) is 0.294. The molecule has 2 aromatic rings. The lowest BCUT2D eigenvalue weighted by molar-refractivity contribution is 0.0991. The van der Waals surface area contributed by atoms with Crippen LogP contribution in [-0.4, -0.2) is 38.6 Å². The fourth-order valence-electron chi connectivity index (χ4n) is 6.59. The molecule has 4 aliphatic rings. The fraction of sp³-hybridized carbons (Fsp3) is 0.543. The van der Waals surface area contributed by atoms with E-state index in [0.717, 1.165) is 49.4 Å². The van der Waals surface area contributed by atoms with Gasteiger partial charge in [0, 0.05) is 0 Å². The Balaban J connectivity index is 1.05. The van der Waals surface area contributed by atoms with Crippen LogP contribution in [0, 0.1) is 31.1 Å². The molecule has 4 heteroatoms. The molecule has 0 spiro atoms. The molecule has 2 aliphatic carbocycles. The Morgan fingerprint density at radius 3 is 1.49 bits per heavy atom. The van der Waals surface area contributed by atoms with Crippen LogP contribution in [0.1, 0.15) is 74.6 Å². The van der Waals surface area contributed by atoms with E-state index in [1.807, 2.05) is 0 Å². The van der Waals surface area contributed by atoms with Gasteiger partial charge in [0.05, 0.1) is 13.2 Å². The van der Waals surface area contributed by atoms with Crippen LogP contribution >= 0.6 is 0 Å². The van der Waals surface area contributed by atoms with Crippen molar-refractivity contribution in [2.75, 3.05) is 26.4 Å². The van der Waals surface area contributed by atoms with Gasteiger partial charge in [0.1, 0.15) is 36.9 Å². The molecule has 2 heterocycles. The van der Waals surface area contributed by atoms with Gasteiger partial charge in [0.15, 0.2) is 0 Å². The van der Waals surface area contributed by atoms with Crippen LogP contribution in [0.25, 0.3) is 11.1 Å². The van der Waals surface area contributed by atoms with Crippen molar-refractivity contribution in [2.24, 2.45) is 17.3 Å². The molecule has 4 unspecified atom stereocenters. The molecular weight excluding hydrogens is 484 g/mol. The smallest absolute Gasteiger partial charge is 0.122 e. The summed E-state index contributed by atoms with van der Waals surface area (Å²) < 4.78 is 22.4. The average Bonchev–Trinajstić information content (AvgIpc) is 3.88. The van der Waals surface area contributed by atoms with Crippen LogP contribution < -0.4 is 9.47 Å². The van der Waals surface area contributed by atoms with Crippen LogP contribution in [0.3, 0.4) is 0 Å². The van der Waals surface area contributed by atoms with Crippen LogP contribution in [-0.2, 0) is 9.47 Å². The van der Waals surface area contributed by atoms with Crippen molar-refractivity contribution in [3.8, 4) is 11.5 Å². The van der Waals surface area contributed by atoms with Crippen molar-refractivity contribution in [3.05, 3.63) is 70.8 Å². The summed E-state index contributed by atoms with van der Waals surface area (Å²) in [5, 5.41) is 0. The summed E-state index contributed by atoms with van der Waals surface area (Å²) in [4.78, 5) is 0. The number of benzene rings is 2. The molecule has 2 aromatic carbocycles. The average molecular weight is 529 g/mol. The molecule has 4 atom stereocenters. The minimum absolute atomic E-state index is 0.292. The summed E-state index contributed by atoms with van der Waals surface area (Å²) in [6, 6.07) is 13.4. The van der Waals surface area contributed by atoms with E-state index in [-0.39, 0.29) is 0 Å². The van der Waals surface area contributed by atoms with Crippen molar-refractivity contribution in [3.63, 3.8) is 0 Å². The molecule has 4 nitrogen and oxygen atoms in total. The SMILES string of the molecule is Cc1cc(C2=CCC(C(C)(C)C3CC=C(c4ccc(OCC5CO5)c(C)c4)CC3)CC2)ccc1OCC1CO1. The highest BCUT2D eigenvalue weighted by atomic mass is 16.6. The van der Waals surface area contributed by atoms with Crippen molar-refractivity contribution in [2.45, 2.75) is 78.4 Å². The number of allylic oxidation sites excluding steroid dienone is 4. The molecule has 2 aliphatic heterocycles. The number of hydrogen-bond acceptors (Lipinski definition) is 4. The first-order valence-electron chi connectivity index (χ1n) is 15.0. The summed E-state index contributed by atoms with van der Waals surface area (Å²) in [6.07, 6.45) is 12.9. The van der Waals surface area contributed by atoms with Gasteiger partial charge in [-0.05, 0) is 127 Å². The van der Waals surface area contributed by atoms with Crippen molar-refractivity contribution >= 4 is 11.1 Å². The molecule has 0 radical (unpaired) electrons. The Bertz CT molecular complexity index is 1150. The maximum Gasteiger partial charge on any atom is 0.122 e. The second-order valence-electron chi connectivity index (χ2n) is 12.7. The minimum Gasteiger partial charge on any atom is -0.491 e. The van der Waals surface area contributed by atoms with Gasteiger partial charge in [-0.2, -0.15) is 0 Å². The van der Waals surface area contributed by atoms with E-state index >= 15 is 0 Å². The number of rotatable bonds is 10. The van der Waals surface area contributed by atoms with Crippen LogP contribution in [0.5, 0.6) is 11.5 Å². The third-order valence-electron chi connectivity index (χ3n) is 9.67. The van der Waals surface area contributed by atoms with E-state index in [1.54, 1.807) is 0 Å². The zero-order valence-corrected chi connectivity index (χ0v) is 24.1. The zero-order valence-electron chi connectivity index (χ0n) is 24.1. The predicted molar refractivity (Wildman–Crippen MR) is 157 cm³/mol. The van der Waals surface area contributed by atoms with Crippen molar-refractivity contribution in [1.29, 1.82) is 0 Å². The predicted octanol–water partition coefficient (Wildman–Crippen LogP) is 7.95. The van der Waals surface area contributed by atoms with E-state index < -0.39 is 0 Å². The van der Waals surface area contributed by atoms with Gasteiger partial charge in [-0.3, -0.25) is 0 Å². The first kappa shape index (κ1) is 26.7. The Morgan fingerprint density at radius 1 is 0.718 bits per heavy atom. The minimum atomic E-state index is 0.292. The Labute approximate surface area is 234 Å². The van der Waals surface area contributed by atoms with E-state index in [9.17, 15) is 0 Å².